The van der Waals surface area contributed by atoms with E-state index in [1.54, 1.807) is 0 Å². The van der Waals surface area contributed by atoms with E-state index in [9.17, 15) is 5.11 Å². The third kappa shape index (κ3) is 7.80. The summed E-state index contributed by atoms with van der Waals surface area (Å²) >= 11 is 0. The van der Waals surface area contributed by atoms with Gasteiger partial charge in [-0.1, -0.05) is 55.0 Å². The van der Waals surface area contributed by atoms with E-state index in [1.165, 1.54) is 58.3 Å². The zero-order chi connectivity index (χ0) is 27.4. The van der Waals surface area contributed by atoms with Gasteiger partial charge in [-0.2, -0.15) is 18.1 Å². The molecule has 1 atom stereocenters. The van der Waals surface area contributed by atoms with Crippen LogP contribution in [-0.4, -0.2) is 40.6 Å². The zero-order valence-corrected chi connectivity index (χ0v) is 25.7. The van der Waals surface area contributed by atoms with Gasteiger partial charge in [0, 0.05) is 19.2 Å². The van der Waals surface area contributed by atoms with E-state index in [-0.39, 0.29) is 42.8 Å². The summed E-state index contributed by atoms with van der Waals surface area (Å²) < 4.78 is 5.68. The molecule has 202 valence electrons. The van der Waals surface area contributed by atoms with Gasteiger partial charge in [-0.05, 0) is 66.3 Å². The van der Waals surface area contributed by atoms with Gasteiger partial charge >= 0.3 is 29.6 Å². The minimum Gasteiger partial charge on any atom is -0.491 e. The molecule has 0 bridgehead atoms. The van der Waals surface area contributed by atoms with Crippen molar-refractivity contribution in [2.45, 2.75) is 59.6 Å². The molecule has 39 heavy (non-hydrogen) atoms. The van der Waals surface area contributed by atoms with Crippen LogP contribution < -0.4 is 39.6 Å². The predicted octanol–water partition coefficient (Wildman–Crippen LogP) is 2.61. The molecule has 3 aromatic carbocycles. The van der Waals surface area contributed by atoms with Gasteiger partial charge in [0.05, 0.1) is 6.61 Å². The molecule has 1 fully saturated rings. The van der Waals surface area contributed by atoms with Crippen molar-refractivity contribution < 1.29 is 54.4 Å². The fourth-order valence-electron chi connectivity index (χ4n) is 5.27. The number of aliphatic hydroxyl groups excluding tert-OH is 2. The maximum atomic E-state index is 9.58. The Morgan fingerprint density at radius 3 is 2.38 bits per heavy atom. The quantitative estimate of drug-likeness (QED) is 0.260. The number of rotatable bonds is 8. The minimum atomic E-state index is -0.870. The molecule has 0 aliphatic heterocycles. The number of fused-ring (bicyclic) bond motifs is 1. The molecule has 6 nitrogen and oxygen atoms in total. The summed E-state index contributed by atoms with van der Waals surface area (Å²) in [5, 5.41) is 29.7. The molecule has 0 radical (unpaired) electrons. The van der Waals surface area contributed by atoms with Gasteiger partial charge in [0.1, 0.15) is 18.5 Å². The Balaban J connectivity index is 0.000000788. The topological polar surface area (TPSA) is 99.0 Å². The maximum Gasteiger partial charge on any atom is 1.00 e. The third-order valence-electron chi connectivity index (χ3n) is 7.40. The van der Waals surface area contributed by atoms with Crippen molar-refractivity contribution in [1.82, 2.24) is 0 Å². The van der Waals surface area contributed by atoms with Gasteiger partial charge in [-0.3, -0.25) is 4.79 Å². The van der Waals surface area contributed by atoms with Crippen molar-refractivity contribution in [3.63, 3.8) is 0 Å². The van der Waals surface area contributed by atoms with E-state index in [4.69, 9.17) is 19.7 Å². The average Bonchev–Trinajstić information content (AvgIpc) is 3.51. The van der Waals surface area contributed by atoms with Gasteiger partial charge in [0.2, 0.25) is 0 Å². The predicted molar refractivity (Wildman–Crippen MR) is 151 cm³/mol. The Morgan fingerprint density at radius 1 is 1.10 bits per heavy atom. The normalized spacial score (nSPS) is 14.7. The van der Waals surface area contributed by atoms with Crippen LogP contribution in [0.15, 0.2) is 48.5 Å². The summed E-state index contributed by atoms with van der Waals surface area (Å²) in [4.78, 5) is 9.00. The van der Waals surface area contributed by atoms with Crippen molar-refractivity contribution in [1.29, 1.82) is 0 Å². The van der Waals surface area contributed by atoms with Crippen LogP contribution in [0.1, 0.15) is 53.1 Å². The van der Waals surface area contributed by atoms with E-state index >= 15 is 0 Å². The Morgan fingerprint density at radius 2 is 1.77 bits per heavy atom. The van der Waals surface area contributed by atoms with Crippen LogP contribution in [0.5, 0.6) is 5.75 Å². The van der Waals surface area contributed by atoms with E-state index in [2.05, 4.69) is 68.9 Å². The number of hydrogen-bond donors (Lipinski definition) is 4. The first-order chi connectivity index (χ1) is 18.1. The molecule has 0 heterocycles. The molecule has 3 aromatic rings. The number of aliphatic carboxylic acids is 1. The van der Waals surface area contributed by atoms with E-state index in [0.29, 0.717) is 11.2 Å². The fourth-order valence-corrected chi connectivity index (χ4v) is 5.27. The van der Waals surface area contributed by atoms with Crippen molar-refractivity contribution in [2.24, 2.45) is 5.41 Å². The first kappa shape index (κ1) is 31.1. The smallest absolute Gasteiger partial charge is 0.491 e. The van der Waals surface area contributed by atoms with E-state index in [0.717, 1.165) is 24.6 Å². The molecular weight excluding hydrogens is 501 g/mol. The van der Waals surface area contributed by atoms with Gasteiger partial charge in [-0.15, -0.1) is 5.56 Å². The number of carboxylic acid groups (broad SMARTS) is 1. The number of nitrogens with one attached hydrogen (secondary N) is 1. The molecular formula is C32H38NNaO5. The van der Waals surface area contributed by atoms with Crippen LogP contribution in [0.4, 0.5) is 5.69 Å². The Bertz CT molecular complexity index is 1290. The van der Waals surface area contributed by atoms with Crippen LogP contribution in [0.3, 0.4) is 0 Å². The maximum absolute atomic E-state index is 9.58. The standard InChI is InChI=1S/C30H34NO3.C2H4O2.Na/c1-19-11-27(34-18-26(33)17-32)12-20(2)29(19)28-6-4-5-23(21(28)3)16-31-25-8-7-22-14-30(9-10-30)15-24(22)13-25;1-2(3)4;/h4-8,11-14,26,31-33H,9-10,15-18H2,1-3H3;1H3,(H,3,4);/q-1;;+1/t26-;;/m1../s1. The summed E-state index contributed by atoms with van der Waals surface area (Å²) in [7, 11) is 0. The number of aryl methyl sites for hydroxylation is 2. The number of benzene rings is 3. The summed E-state index contributed by atoms with van der Waals surface area (Å²) in [6.45, 7) is 8.03. The van der Waals surface area contributed by atoms with Gasteiger partial charge in [0.25, 0.3) is 5.97 Å². The Kier molecular flexibility index (Phi) is 10.5. The number of anilines is 1. The minimum absolute atomic E-state index is 0. The molecule has 0 saturated heterocycles. The number of carboxylic acids is 1. The molecule has 2 aliphatic carbocycles. The van der Waals surface area contributed by atoms with E-state index < -0.39 is 12.1 Å². The second-order valence-corrected chi connectivity index (χ2v) is 10.6. The summed E-state index contributed by atoms with van der Waals surface area (Å²) in [5.74, 6) is -0.122. The number of aliphatic hydroxyl groups is 2. The van der Waals surface area contributed by atoms with Crippen molar-refractivity contribution >= 4 is 11.7 Å². The average molecular weight is 540 g/mol. The number of carbonyl (C=O) groups is 1. The molecule has 1 spiro atoms. The monoisotopic (exact) mass is 539 g/mol. The molecule has 0 aromatic heterocycles. The molecule has 2 aliphatic rings. The number of ether oxygens (including phenoxy) is 1. The van der Waals surface area contributed by atoms with Gasteiger partial charge in [-0.25, -0.2) is 0 Å². The first-order valence-corrected chi connectivity index (χ1v) is 13.1. The van der Waals surface area contributed by atoms with Gasteiger partial charge in [0.15, 0.2) is 0 Å². The van der Waals surface area contributed by atoms with Crippen molar-refractivity contribution in [2.75, 3.05) is 18.5 Å². The van der Waals surface area contributed by atoms with Crippen LogP contribution >= 0.6 is 0 Å². The first-order valence-electron chi connectivity index (χ1n) is 13.1. The van der Waals surface area contributed by atoms with Crippen LogP contribution in [0, 0.1) is 32.6 Å². The Labute approximate surface area is 253 Å². The molecule has 4 N–H and O–H groups in total. The second kappa shape index (κ2) is 13.2. The second-order valence-electron chi connectivity index (χ2n) is 10.6. The molecule has 0 amide bonds. The number of hydrogen-bond acceptors (Lipinski definition) is 5. The van der Waals surface area contributed by atoms with Crippen LogP contribution in [0.25, 0.3) is 11.1 Å². The van der Waals surface area contributed by atoms with Crippen molar-refractivity contribution in [3.05, 3.63) is 88.3 Å². The van der Waals surface area contributed by atoms with E-state index in [1.807, 2.05) is 12.1 Å². The summed E-state index contributed by atoms with van der Waals surface area (Å²) in [5.41, 5.74) is 11.8. The zero-order valence-electron chi connectivity index (χ0n) is 23.7. The summed E-state index contributed by atoms with van der Waals surface area (Å²) in [6, 6.07) is 17.3. The van der Waals surface area contributed by atoms with Crippen molar-refractivity contribution in [3.8, 4) is 16.9 Å². The van der Waals surface area contributed by atoms with Gasteiger partial charge < -0.3 is 25.4 Å². The fraction of sp³-hybridized carbons (Fsp3) is 0.375. The molecule has 1 saturated carbocycles. The Hall–Kier alpha value is -2.48. The van der Waals surface area contributed by atoms with Crippen LogP contribution in [0.2, 0.25) is 0 Å². The molecule has 0 unspecified atom stereocenters. The molecule has 5 rings (SSSR count). The molecule has 7 heteroatoms. The largest absolute Gasteiger partial charge is 1.00 e. The summed E-state index contributed by atoms with van der Waals surface area (Å²) in [6.07, 6.45) is 5.49. The SMILES string of the molecule is CC(=O)O.Cc1cc(OC[C@H](O)CO)cc(C)c1-c1cccc(CNc2ccc3c(c2)CC2([CH-]3)CC2)c1C.[Na+]. The van der Waals surface area contributed by atoms with Crippen LogP contribution in [-0.2, 0) is 17.8 Å². The third-order valence-corrected chi connectivity index (χ3v) is 7.40.